The van der Waals surface area contributed by atoms with E-state index >= 15 is 8.78 Å². The first-order valence-corrected chi connectivity index (χ1v) is 21.0. The molecule has 9 rings (SSSR count). The van der Waals surface area contributed by atoms with Gasteiger partial charge in [0, 0.05) is 56.6 Å². The zero-order chi connectivity index (χ0) is 43.6. The Kier molecular flexibility index (Phi) is 9.03. The van der Waals surface area contributed by atoms with Gasteiger partial charge in [0.25, 0.3) is 0 Å². The first-order chi connectivity index (χ1) is 28.7. The highest BCUT2D eigenvalue weighted by molar-refractivity contribution is 6.10. The Morgan fingerprint density at radius 3 is 1.89 bits per heavy atom. The Labute approximate surface area is 356 Å². The minimum absolute atomic E-state index is 0.0650. The van der Waals surface area contributed by atoms with Crippen LogP contribution in [0.3, 0.4) is 0 Å². The fraction of sp³-hybridized carbons (Fsp3) is 0.283. The Balaban J connectivity index is 1.32. The van der Waals surface area contributed by atoms with E-state index in [4.69, 9.17) is 10.1 Å². The summed E-state index contributed by atoms with van der Waals surface area (Å²) < 4.78 is 50.3. The third-order valence-corrected chi connectivity index (χ3v) is 12.3. The van der Waals surface area contributed by atoms with Gasteiger partial charge in [0.05, 0.1) is 45.0 Å². The second-order valence-electron chi connectivity index (χ2n) is 20.1. The summed E-state index contributed by atoms with van der Waals surface area (Å²) in [6.45, 7) is 23.1. The first-order valence-electron chi connectivity index (χ1n) is 21.0. The van der Waals surface area contributed by atoms with Gasteiger partial charge in [-0.1, -0.05) is 125 Å². The lowest BCUT2D eigenvalue weighted by Crippen LogP contribution is -2.31. The lowest BCUT2D eigenvalue weighted by molar-refractivity contribution is 0.535. The molecule has 0 N–H and O–H groups in total. The molecule has 3 aromatic heterocycles. The second-order valence-corrected chi connectivity index (χ2v) is 20.1. The molecule has 0 radical (unpaired) electrons. The summed E-state index contributed by atoms with van der Waals surface area (Å²) in [7, 11) is 0. The second kappa shape index (κ2) is 13.7. The van der Waals surface area contributed by atoms with Crippen molar-refractivity contribution in [3.63, 3.8) is 0 Å². The zero-order valence-corrected chi connectivity index (χ0v) is 36.8. The summed E-state index contributed by atoms with van der Waals surface area (Å²) in [6.07, 6.45) is 1.90. The van der Waals surface area contributed by atoms with E-state index in [0.29, 0.717) is 17.0 Å². The molecular formula is C53H52F3N5. The number of hydrogen-bond donors (Lipinski definition) is 0. The standard InChI is InChI=1S/C53H52F3N5/c1-50(2,3)31-24-25-57-45(26-31)60-41-18-14-12-16-35(41)36-22-20-33(29-43(36)60)59-42-19-15-13-17-37(42)53(10,11)38-23-21-34(30-44(38)59)61-49(52(7,8)9)47(48(58-61)51(4,5)6)46-39(55)27-32(54)28-40(46)56/h12-30H,1-11H3. The molecule has 0 amide bonds. The molecule has 0 spiro atoms. The smallest absolute Gasteiger partial charge is 0.137 e. The highest BCUT2D eigenvalue weighted by Gasteiger charge is 2.39. The number of para-hydroxylation sites is 2. The molecule has 61 heavy (non-hydrogen) atoms. The summed E-state index contributed by atoms with van der Waals surface area (Å²) in [4.78, 5) is 7.26. The molecular weight excluding hydrogens is 764 g/mol. The number of anilines is 3. The van der Waals surface area contributed by atoms with E-state index in [1.807, 2.05) is 52.4 Å². The third kappa shape index (κ3) is 6.45. The Morgan fingerprint density at radius 1 is 0.557 bits per heavy atom. The molecule has 0 saturated carbocycles. The van der Waals surface area contributed by atoms with E-state index in [1.165, 1.54) is 11.1 Å². The van der Waals surface area contributed by atoms with E-state index in [1.54, 1.807) is 0 Å². The summed E-state index contributed by atoms with van der Waals surface area (Å²) >= 11 is 0. The third-order valence-electron chi connectivity index (χ3n) is 12.3. The molecule has 4 heterocycles. The van der Waals surface area contributed by atoms with Crippen molar-refractivity contribution in [2.24, 2.45) is 0 Å². The molecule has 0 aliphatic carbocycles. The maximum atomic E-state index is 15.9. The molecule has 5 nitrogen and oxygen atoms in total. The number of fused-ring (bicyclic) bond motifs is 5. The largest absolute Gasteiger partial charge is 0.310 e. The van der Waals surface area contributed by atoms with Gasteiger partial charge in [-0.3, -0.25) is 4.57 Å². The number of pyridine rings is 1. The van der Waals surface area contributed by atoms with Crippen LogP contribution in [0, 0.1) is 17.5 Å². The molecule has 8 aromatic rings. The van der Waals surface area contributed by atoms with Crippen LogP contribution in [0.5, 0.6) is 0 Å². The fourth-order valence-corrected chi connectivity index (χ4v) is 9.31. The fourth-order valence-electron chi connectivity index (χ4n) is 9.31. The maximum Gasteiger partial charge on any atom is 0.137 e. The monoisotopic (exact) mass is 815 g/mol. The molecule has 0 bridgehead atoms. The number of hydrogen-bond acceptors (Lipinski definition) is 3. The molecule has 1 aliphatic rings. The average molecular weight is 816 g/mol. The maximum absolute atomic E-state index is 15.9. The first kappa shape index (κ1) is 40.3. The molecule has 8 heteroatoms. The Hall–Kier alpha value is -6.15. The van der Waals surface area contributed by atoms with Crippen LogP contribution in [0.4, 0.5) is 30.2 Å². The Bertz CT molecular complexity index is 3030. The molecule has 1 aliphatic heterocycles. The van der Waals surface area contributed by atoms with Crippen LogP contribution in [0.15, 0.2) is 115 Å². The Morgan fingerprint density at radius 2 is 1.20 bits per heavy atom. The predicted molar refractivity (Wildman–Crippen MR) is 244 cm³/mol. The van der Waals surface area contributed by atoms with Gasteiger partial charge in [-0.05, 0) is 70.6 Å². The number of halogens is 3. The summed E-state index contributed by atoms with van der Waals surface area (Å²) in [5, 5.41) is 7.48. The SMILES string of the molecule is CC(C)(C)c1ccnc(-n2c3ccccc3c3ccc(N4c5ccccc5C(C)(C)c5ccc(-n6nc(C(C)(C)C)c(-c7c(F)cc(F)cc7F)c6C(C)(C)C)cc54)cc32)c1. The highest BCUT2D eigenvalue weighted by Crippen LogP contribution is 2.53. The van der Waals surface area contributed by atoms with Crippen LogP contribution in [-0.2, 0) is 21.7 Å². The average Bonchev–Trinajstić information content (AvgIpc) is 3.75. The van der Waals surface area contributed by atoms with Crippen LogP contribution < -0.4 is 4.90 Å². The van der Waals surface area contributed by atoms with Crippen LogP contribution in [0.25, 0.3) is 44.4 Å². The summed E-state index contributed by atoms with van der Waals surface area (Å²) in [6, 6.07) is 35.8. The minimum atomic E-state index is -0.966. The van der Waals surface area contributed by atoms with E-state index < -0.39 is 28.3 Å². The van der Waals surface area contributed by atoms with Gasteiger partial charge in [0.2, 0.25) is 0 Å². The van der Waals surface area contributed by atoms with Crippen molar-refractivity contribution >= 4 is 38.9 Å². The van der Waals surface area contributed by atoms with Gasteiger partial charge in [-0.15, -0.1) is 0 Å². The molecule has 5 aromatic carbocycles. The zero-order valence-electron chi connectivity index (χ0n) is 36.8. The van der Waals surface area contributed by atoms with Gasteiger partial charge < -0.3 is 4.90 Å². The van der Waals surface area contributed by atoms with Gasteiger partial charge in [-0.25, -0.2) is 22.8 Å². The summed E-state index contributed by atoms with van der Waals surface area (Å²) in [5.74, 6) is -2.04. The van der Waals surface area contributed by atoms with Crippen molar-refractivity contribution in [2.75, 3.05) is 4.90 Å². The predicted octanol–water partition coefficient (Wildman–Crippen LogP) is 14.5. The van der Waals surface area contributed by atoms with Crippen LogP contribution >= 0.6 is 0 Å². The van der Waals surface area contributed by atoms with Crippen molar-refractivity contribution in [3.8, 4) is 22.6 Å². The highest BCUT2D eigenvalue weighted by atomic mass is 19.1. The van der Waals surface area contributed by atoms with Gasteiger partial charge in [-0.2, -0.15) is 5.10 Å². The van der Waals surface area contributed by atoms with Gasteiger partial charge in [0.15, 0.2) is 0 Å². The lowest BCUT2D eigenvalue weighted by Gasteiger charge is -2.42. The molecule has 0 fully saturated rings. The quantitative estimate of drug-likeness (QED) is 0.178. The van der Waals surface area contributed by atoms with E-state index in [2.05, 4.69) is 141 Å². The van der Waals surface area contributed by atoms with Crippen molar-refractivity contribution in [1.82, 2.24) is 19.3 Å². The van der Waals surface area contributed by atoms with E-state index in [0.717, 1.165) is 68.1 Å². The number of rotatable bonds is 4. The van der Waals surface area contributed by atoms with Crippen molar-refractivity contribution in [1.29, 1.82) is 0 Å². The molecule has 0 saturated heterocycles. The molecule has 0 unspecified atom stereocenters. The minimum Gasteiger partial charge on any atom is -0.310 e. The van der Waals surface area contributed by atoms with Gasteiger partial charge in [0.1, 0.15) is 23.3 Å². The summed E-state index contributed by atoms with van der Waals surface area (Å²) in [5.41, 5.74) is 8.83. The number of nitrogens with zero attached hydrogens (tertiary/aromatic N) is 5. The van der Waals surface area contributed by atoms with Crippen molar-refractivity contribution in [2.45, 2.75) is 97.8 Å². The molecule has 310 valence electrons. The normalized spacial score (nSPS) is 14.2. The van der Waals surface area contributed by atoms with Crippen LogP contribution in [0.1, 0.15) is 104 Å². The van der Waals surface area contributed by atoms with Crippen molar-refractivity contribution < 1.29 is 13.2 Å². The lowest BCUT2D eigenvalue weighted by atomic mass is 9.73. The molecule has 0 atom stereocenters. The topological polar surface area (TPSA) is 38.9 Å². The number of aromatic nitrogens is 4. The number of benzene rings is 5. The van der Waals surface area contributed by atoms with E-state index in [9.17, 15) is 4.39 Å². The van der Waals surface area contributed by atoms with Gasteiger partial charge >= 0.3 is 0 Å². The van der Waals surface area contributed by atoms with Crippen molar-refractivity contribution in [3.05, 3.63) is 161 Å². The van der Waals surface area contributed by atoms with E-state index in [-0.39, 0.29) is 16.4 Å². The van der Waals surface area contributed by atoms with Crippen LogP contribution in [-0.4, -0.2) is 19.3 Å². The van der Waals surface area contributed by atoms with Crippen LogP contribution in [0.2, 0.25) is 0 Å².